The molecule has 3 atom stereocenters. The number of carbonyl (C=O) groups is 1. The van der Waals surface area contributed by atoms with Crippen LogP contribution in [0.15, 0.2) is 0 Å². The molecular formula is C12H24N2O2. The monoisotopic (exact) mass is 228 g/mol. The van der Waals surface area contributed by atoms with Crippen molar-refractivity contribution in [3.05, 3.63) is 0 Å². The molecule has 0 bridgehead atoms. The highest BCUT2D eigenvalue weighted by Gasteiger charge is 2.20. The van der Waals surface area contributed by atoms with Crippen molar-refractivity contribution in [2.75, 3.05) is 19.8 Å². The summed E-state index contributed by atoms with van der Waals surface area (Å²) in [6, 6.07) is -0.371. The summed E-state index contributed by atoms with van der Waals surface area (Å²) >= 11 is 0. The zero-order chi connectivity index (χ0) is 12.0. The molecule has 1 fully saturated rings. The Morgan fingerprint density at radius 3 is 2.94 bits per heavy atom. The lowest BCUT2D eigenvalue weighted by Crippen LogP contribution is -2.45. The van der Waals surface area contributed by atoms with E-state index in [0.717, 1.165) is 39.0 Å². The van der Waals surface area contributed by atoms with Crippen LogP contribution in [0.2, 0.25) is 0 Å². The Hall–Kier alpha value is -0.610. The van der Waals surface area contributed by atoms with E-state index in [0.29, 0.717) is 5.92 Å². The molecule has 0 radical (unpaired) electrons. The quantitative estimate of drug-likeness (QED) is 0.710. The maximum Gasteiger partial charge on any atom is 0.237 e. The molecule has 94 valence electrons. The van der Waals surface area contributed by atoms with E-state index in [1.54, 1.807) is 0 Å². The normalized spacial score (nSPS) is 24.1. The van der Waals surface area contributed by atoms with Crippen molar-refractivity contribution in [2.24, 2.45) is 17.6 Å². The molecule has 1 rings (SSSR count). The van der Waals surface area contributed by atoms with Gasteiger partial charge in [-0.2, -0.15) is 0 Å². The predicted molar refractivity (Wildman–Crippen MR) is 64.0 cm³/mol. The van der Waals surface area contributed by atoms with Crippen molar-refractivity contribution in [1.82, 2.24) is 5.32 Å². The second kappa shape index (κ2) is 6.86. The standard InChI is InChI=1S/C12H24N2O2/c1-3-9(2)11(13)12(15)14-6-4-10-5-7-16-8-10/h9-11H,3-8,13H2,1-2H3,(H,14,15)/t9?,10?,11-/m0/s1. The number of carbonyl (C=O) groups excluding carboxylic acids is 1. The Kier molecular flexibility index (Phi) is 5.77. The molecular weight excluding hydrogens is 204 g/mol. The first-order chi connectivity index (χ1) is 7.65. The van der Waals surface area contributed by atoms with Crippen LogP contribution in [0.1, 0.15) is 33.1 Å². The lowest BCUT2D eigenvalue weighted by molar-refractivity contribution is -0.123. The minimum atomic E-state index is -0.371. The highest BCUT2D eigenvalue weighted by molar-refractivity contribution is 5.81. The Labute approximate surface area is 97.9 Å². The van der Waals surface area contributed by atoms with E-state index in [1.807, 2.05) is 13.8 Å². The van der Waals surface area contributed by atoms with Crippen LogP contribution in [0.4, 0.5) is 0 Å². The third kappa shape index (κ3) is 4.10. The molecule has 0 aliphatic carbocycles. The minimum Gasteiger partial charge on any atom is -0.381 e. The Morgan fingerprint density at radius 2 is 2.38 bits per heavy atom. The molecule has 1 amide bonds. The van der Waals surface area contributed by atoms with E-state index in [1.165, 1.54) is 0 Å². The molecule has 0 aromatic rings. The van der Waals surface area contributed by atoms with Crippen LogP contribution >= 0.6 is 0 Å². The van der Waals surface area contributed by atoms with Gasteiger partial charge in [0.05, 0.1) is 6.04 Å². The van der Waals surface area contributed by atoms with Gasteiger partial charge in [-0.1, -0.05) is 20.3 Å². The van der Waals surface area contributed by atoms with Crippen LogP contribution in [0.5, 0.6) is 0 Å². The van der Waals surface area contributed by atoms with E-state index in [4.69, 9.17) is 10.5 Å². The second-order valence-electron chi connectivity index (χ2n) is 4.72. The summed E-state index contributed by atoms with van der Waals surface area (Å²) < 4.78 is 5.28. The summed E-state index contributed by atoms with van der Waals surface area (Å²) in [4.78, 5) is 11.6. The van der Waals surface area contributed by atoms with E-state index in [2.05, 4.69) is 5.32 Å². The highest BCUT2D eigenvalue weighted by Crippen LogP contribution is 2.15. The van der Waals surface area contributed by atoms with Crippen LogP contribution in [-0.2, 0) is 9.53 Å². The van der Waals surface area contributed by atoms with Gasteiger partial charge < -0.3 is 15.8 Å². The second-order valence-corrected chi connectivity index (χ2v) is 4.72. The maximum atomic E-state index is 11.6. The summed E-state index contributed by atoms with van der Waals surface area (Å²) in [5.41, 5.74) is 5.83. The van der Waals surface area contributed by atoms with Gasteiger partial charge in [-0.25, -0.2) is 0 Å². The van der Waals surface area contributed by atoms with Crippen molar-refractivity contribution in [1.29, 1.82) is 0 Å². The first kappa shape index (κ1) is 13.5. The largest absolute Gasteiger partial charge is 0.381 e. The summed E-state index contributed by atoms with van der Waals surface area (Å²) in [5.74, 6) is 0.836. The van der Waals surface area contributed by atoms with Crippen LogP contribution in [-0.4, -0.2) is 31.7 Å². The molecule has 0 aromatic heterocycles. The molecule has 1 aliphatic heterocycles. The van der Waals surface area contributed by atoms with Gasteiger partial charge in [0.25, 0.3) is 0 Å². The van der Waals surface area contributed by atoms with Gasteiger partial charge in [0, 0.05) is 19.8 Å². The van der Waals surface area contributed by atoms with Crippen LogP contribution in [0.3, 0.4) is 0 Å². The van der Waals surface area contributed by atoms with Gasteiger partial charge in [-0.15, -0.1) is 0 Å². The van der Waals surface area contributed by atoms with E-state index in [9.17, 15) is 4.79 Å². The minimum absolute atomic E-state index is 0.0201. The Bertz CT molecular complexity index is 215. The third-order valence-corrected chi connectivity index (χ3v) is 3.44. The van der Waals surface area contributed by atoms with E-state index < -0.39 is 0 Å². The van der Waals surface area contributed by atoms with E-state index >= 15 is 0 Å². The molecule has 16 heavy (non-hydrogen) atoms. The first-order valence-electron chi connectivity index (χ1n) is 6.26. The molecule has 4 nitrogen and oxygen atoms in total. The molecule has 1 saturated heterocycles. The van der Waals surface area contributed by atoms with Gasteiger partial charge in [0.2, 0.25) is 5.91 Å². The summed E-state index contributed by atoms with van der Waals surface area (Å²) in [5, 5.41) is 2.91. The molecule has 0 aromatic carbocycles. The number of ether oxygens (including phenoxy) is 1. The Morgan fingerprint density at radius 1 is 1.62 bits per heavy atom. The number of nitrogens with two attached hydrogens (primary N) is 1. The van der Waals surface area contributed by atoms with Crippen molar-refractivity contribution in [2.45, 2.75) is 39.2 Å². The van der Waals surface area contributed by atoms with Crippen LogP contribution in [0, 0.1) is 11.8 Å². The number of hydrogen-bond donors (Lipinski definition) is 2. The SMILES string of the molecule is CCC(C)[C@H](N)C(=O)NCCC1CCOC1. The topological polar surface area (TPSA) is 64.4 Å². The Balaban J connectivity index is 2.13. The lowest BCUT2D eigenvalue weighted by Gasteiger charge is -2.18. The average Bonchev–Trinajstić information content (AvgIpc) is 2.79. The van der Waals surface area contributed by atoms with Crippen molar-refractivity contribution < 1.29 is 9.53 Å². The van der Waals surface area contributed by atoms with Crippen molar-refractivity contribution in [3.63, 3.8) is 0 Å². The van der Waals surface area contributed by atoms with Crippen molar-refractivity contribution >= 4 is 5.91 Å². The first-order valence-corrected chi connectivity index (χ1v) is 6.26. The summed E-state index contributed by atoms with van der Waals surface area (Å²) in [7, 11) is 0. The van der Waals surface area contributed by atoms with Gasteiger partial charge in [-0.05, 0) is 24.7 Å². The molecule has 2 unspecified atom stereocenters. The van der Waals surface area contributed by atoms with Crippen LogP contribution in [0.25, 0.3) is 0 Å². The average molecular weight is 228 g/mol. The highest BCUT2D eigenvalue weighted by atomic mass is 16.5. The molecule has 3 N–H and O–H groups in total. The number of nitrogens with one attached hydrogen (secondary N) is 1. The lowest BCUT2D eigenvalue weighted by atomic mass is 9.99. The number of rotatable bonds is 6. The summed E-state index contributed by atoms with van der Waals surface area (Å²) in [6.45, 7) is 6.48. The van der Waals surface area contributed by atoms with Crippen molar-refractivity contribution in [3.8, 4) is 0 Å². The zero-order valence-electron chi connectivity index (χ0n) is 10.4. The fourth-order valence-corrected chi connectivity index (χ4v) is 1.84. The van der Waals surface area contributed by atoms with E-state index in [-0.39, 0.29) is 17.9 Å². The zero-order valence-corrected chi connectivity index (χ0v) is 10.4. The maximum absolute atomic E-state index is 11.6. The third-order valence-electron chi connectivity index (χ3n) is 3.44. The molecule has 0 spiro atoms. The van der Waals surface area contributed by atoms with Gasteiger partial charge in [0.1, 0.15) is 0 Å². The summed E-state index contributed by atoms with van der Waals surface area (Å²) in [6.07, 6.45) is 3.05. The van der Waals surface area contributed by atoms with Crippen LogP contribution < -0.4 is 11.1 Å². The molecule has 0 saturated carbocycles. The van der Waals surface area contributed by atoms with Gasteiger partial charge in [-0.3, -0.25) is 4.79 Å². The molecule has 4 heteroatoms. The van der Waals surface area contributed by atoms with Gasteiger partial charge >= 0.3 is 0 Å². The van der Waals surface area contributed by atoms with Gasteiger partial charge in [0.15, 0.2) is 0 Å². The smallest absolute Gasteiger partial charge is 0.237 e. The molecule has 1 aliphatic rings. The molecule has 1 heterocycles. The fourth-order valence-electron chi connectivity index (χ4n) is 1.84. The fraction of sp³-hybridized carbons (Fsp3) is 0.917. The number of hydrogen-bond acceptors (Lipinski definition) is 3. The predicted octanol–water partition coefficient (Wildman–Crippen LogP) is 0.903. The number of amides is 1.